The molecule has 0 heterocycles. The van der Waals surface area contributed by atoms with Gasteiger partial charge in [-0.3, -0.25) is 0 Å². The molecule has 0 N–H and O–H groups in total. The largest absolute Gasteiger partial charge is 0.0725 e. The summed E-state index contributed by atoms with van der Waals surface area (Å²) in [4.78, 5) is 0. The van der Waals surface area contributed by atoms with Crippen molar-refractivity contribution in [2.75, 3.05) is 0 Å². The molecule has 138 heavy (non-hydrogen) atoms. The van der Waals surface area contributed by atoms with Crippen molar-refractivity contribution in [3.63, 3.8) is 0 Å². The van der Waals surface area contributed by atoms with Crippen LogP contribution in [-0.4, -0.2) is 0 Å². The molecule has 7 aliphatic rings. The molecule has 0 radical (unpaired) electrons. The van der Waals surface area contributed by atoms with Crippen LogP contribution in [0.1, 0.15) is 175 Å². The Bertz CT molecular complexity index is 7710. The van der Waals surface area contributed by atoms with Gasteiger partial charge in [0.05, 0.1) is 21.7 Å². The summed E-state index contributed by atoms with van der Waals surface area (Å²) in [5, 5.41) is 0. The lowest BCUT2D eigenvalue weighted by Crippen LogP contribution is -2.28. The minimum absolute atomic E-state index is 0.00959. The Morgan fingerprint density at radius 3 is 0.580 bits per heavy atom. The molecule has 20 aromatic rings. The first-order valence-electron chi connectivity index (χ1n) is 49.1. The molecule has 0 saturated heterocycles. The van der Waals surface area contributed by atoms with Crippen LogP contribution in [0, 0.1) is 76.2 Å². The van der Waals surface area contributed by atoms with Crippen LogP contribution in [0.2, 0.25) is 0 Å². The topological polar surface area (TPSA) is 0 Å². The molecule has 2 spiro atoms. The van der Waals surface area contributed by atoms with Gasteiger partial charge in [-0.1, -0.05) is 506 Å². The Morgan fingerprint density at radius 1 is 0.116 bits per heavy atom. The van der Waals surface area contributed by atoms with Crippen LogP contribution < -0.4 is 0 Å². The predicted octanol–water partition coefficient (Wildman–Crippen LogP) is 34.9. The maximum Gasteiger partial charge on any atom is 0.0725 e. The van der Waals surface area contributed by atoms with Crippen molar-refractivity contribution in [2.24, 2.45) is 0 Å². The van der Waals surface area contributed by atoms with Gasteiger partial charge in [0.25, 0.3) is 0 Å². The van der Waals surface area contributed by atoms with Crippen LogP contribution in [0.5, 0.6) is 0 Å². The molecule has 20 aromatic carbocycles. The highest BCUT2D eigenvalue weighted by atomic mass is 14.6. The molecule has 0 nitrogen and oxygen atoms in total. The summed E-state index contributed by atoms with van der Waals surface area (Å²) < 4.78 is 0. The van der Waals surface area contributed by atoms with Gasteiger partial charge in [-0.25, -0.2) is 0 Å². The fourth-order valence-corrected chi connectivity index (χ4v) is 25.0. The van der Waals surface area contributed by atoms with E-state index in [4.69, 9.17) is 0 Å². The molecule has 0 fully saturated rings. The van der Waals surface area contributed by atoms with Gasteiger partial charge < -0.3 is 0 Å². The number of benzene rings is 20. The van der Waals surface area contributed by atoms with E-state index in [1.54, 1.807) is 0 Å². The number of hydrogen-bond donors (Lipinski definition) is 0. The average molecular weight is 1770 g/mol. The molecule has 0 heteroatoms. The molecule has 0 amide bonds. The number of rotatable bonds is 6. The van der Waals surface area contributed by atoms with Gasteiger partial charge in [0, 0.05) is 5.41 Å². The van der Waals surface area contributed by atoms with Crippen LogP contribution >= 0.6 is 0 Å². The quantitative estimate of drug-likeness (QED) is 0.156. The Morgan fingerprint density at radius 2 is 0.304 bits per heavy atom. The first kappa shape index (κ1) is 86.5. The van der Waals surface area contributed by atoms with E-state index in [0.29, 0.717) is 0 Å². The lowest BCUT2D eigenvalue weighted by Gasteiger charge is -2.34. The fraction of sp³-hybridized carbons (Fsp3) is 0.130. The Balaban J connectivity index is 0.0000000966. The average Bonchev–Trinajstić information content (AvgIpc) is 1.51. The van der Waals surface area contributed by atoms with Gasteiger partial charge >= 0.3 is 0 Å². The summed E-state index contributed by atoms with van der Waals surface area (Å²) in [5.74, 6) is 0. The minimum Gasteiger partial charge on any atom is -0.0622 e. The van der Waals surface area contributed by atoms with Gasteiger partial charge in [0.15, 0.2) is 0 Å². The van der Waals surface area contributed by atoms with Gasteiger partial charge in [0.2, 0.25) is 0 Å². The summed E-state index contributed by atoms with van der Waals surface area (Å²) in [6.45, 7) is 28.7. The van der Waals surface area contributed by atoms with E-state index in [1.807, 2.05) is 0 Å². The Labute approximate surface area is 815 Å². The number of aryl methyl sites for hydroxylation is 11. The van der Waals surface area contributed by atoms with Crippen molar-refractivity contribution in [2.45, 2.75) is 117 Å². The van der Waals surface area contributed by atoms with E-state index in [1.165, 1.54) is 261 Å². The van der Waals surface area contributed by atoms with E-state index in [9.17, 15) is 0 Å². The maximum absolute atomic E-state index is 2.42. The highest BCUT2D eigenvalue weighted by molar-refractivity contribution is 5.99. The second-order valence-corrected chi connectivity index (χ2v) is 40.4. The normalized spacial score (nSPS) is 14.1. The molecule has 664 valence electrons. The predicted molar refractivity (Wildman–Crippen MR) is 580 cm³/mol. The molecule has 27 rings (SSSR count). The maximum atomic E-state index is 2.42. The molecule has 0 aromatic heterocycles. The first-order valence-corrected chi connectivity index (χ1v) is 49.1. The van der Waals surface area contributed by atoms with E-state index in [-0.39, 0.29) is 27.1 Å². The zero-order valence-electron chi connectivity index (χ0n) is 81.1. The van der Waals surface area contributed by atoms with Crippen LogP contribution in [0.15, 0.2) is 443 Å². The third kappa shape index (κ3) is 13.5. The summed E-state index contributed by atoms with van der Waals surface area (Å²) in [6.07, 6.45) is 0. The third-order valence-electron chi connectivity index (χ3n) is 31.2. The highest BCUT2D eigenvalue weighted by Gasteiger charge is 2.55. The minimum atomic E-state index is -0.273. The van der Waals surface area contributed by atoms with E-state index in [2.05, 4.69) is 533 Å². The van der Waals surface area contributed by atoms with E-state index >= 15 is 0 Å². The summed E-state index contributed by atoms with van der Waals surface area (Å²) in [7, 11) is 0. The van der Waals surface area contributed by atoms with Crippen molar-refractivity contribution in [3.8, 4) is 100 Å². The van der Waals surface area contributed by atoms with Gasteiger partial charge in [-0.05, 0) is 289 Å². The molecular formula is C138H112. The van der Waals surface area contributed by atoms with Crippen molar-refractivity contribution in [1.82, 2.24) is 0 Å². The fourth-order valence-electron chi connectivity index (χ4n) is 25.0. The van der Waals surface area contributed by atoms with Crippen molar-refractivity contribution < 1.29 is 0 Å². The second-order valence-electron chi connectivity index (χ2n) is 40.4. The van der Waals surface area contributed by atoms with E-state index < -0.39 is 0 Å². The van der Waals surface area contributed by atoms with Crippen LogP contribution in [0.25, 0.3) is 100 Å². The lowest BCUT2D eigenvalue weighted by molar-refractivity contribution is 0.661. The van der Waals surface area contributed by atoms with Gasteiger partial charge in [0.1, 0.15) is 0 Å². The first-order chi connectivity index (χ1) is 67.2. The Hall–Kier alpha value is -15.6. The summed E-state index contributed by atoms with van der Waals surface area (Å²) in [6, 6.07) is 165. The molecule has 0 unspecified atom stereocenters. The van der Waals surface area contributed by atoms with Crippen molar-refractivity contribution >= 4 is 0 Å². The molecular weight excluding hydrogens is 1660 g/mol. The molecule has 7 aliphatic carbocycles. The number of fused-ring (bicyclic) bond motifs is 29. The zero-order valence-corrected chi connectivity index (χ0v) is 81.1. The summed E-state index contributed by atoms with van der Waals surface area (Å²) in [5.41, 5.74) is 62.8. The SMILES string of the molecule is Cc1ccc(C2(c3ccc(C)cc3)c3ccccc3-c3ccccc32)cc1.Cc1ccc2c(c1)C(c1ccccc1)(c1ccccc1)c1cc(C)ccc1-2.Cc1ccc2c(c1)C1(c3ccccc3-2)c2cc(C)ccc2-c2ccc(C)cc21.Cc1ccc2c(c1)C1(c3ccccc3-c3ccccc31)c1cc(C)ccc1-2.Cc1cccc(-c2ccc3c(c2)C(C)(C)c2cc(-c4cccc(C)c4)ccc2-3)c1. The number of hydrogen-bond acceptors (Lipinski definition) is 0. The van der Waals surface area contributed by atoms with Crippen LogP contribution in [0.4, 0.5) is 0 Å². The molecule has 0 aliphatic heterocycles. The lowest BCUT2D eigenvalue weighted by atomic mass is 9.67. The smallest absolute Gasteiger partial charge is 0.0622 e. The van der Waals surface area contributed by atoms with Crippen LogP contribution in [0.3, 0.4) is 0 Å². The highest BCUT2D eigenvalue weighted by Crippen LogP contribution is 2.67. The molecule has 0 bridgehead atoms. The van der Waals surface area contributed by atoms with Crippen LogP contribution in [-0.2, 0) is 27.1 Å². The van der Waals surface area contributed by atoms with Crippen molar-refractivity contribution in [1.29, 1.82) is 0 Å². The second kappa shape index (κ2) is 33.7. The van der Waals surface area contributed by atoms with Crippen molar-refractivity contribution in [3.05, 3.63) is 604 Å². The van der Waals surface area contributed by atoms with Gasteiger partial charge in [-0.15, -0.1) is 0 Å². The zero-order chi connectivity index (χ0) is 94.3. The standard InChI is InChI=1S/C29H26.C28H22.C27H20.2C27H22/c1-19-7-5-9-21(15-19)23-11-13-25-26-14-12-24(22-10-6-8-20(2)16-22)18-28(26)29(3,4)27(25)17-23;1-17-8-11-21-20-6-4-5-7-24(20)28(25(21)14-17)26-15-18(2)9-12-22(26)23-13-10-19(3)16-27(23)28;1-17-11-13-21-22-14-12-18(2)16-26(22)27(25(21)15-17)23-9-5-3-7-19(23)20-8-4-6-10-24(20)27;1-19-11-15-21(16-12-19)27(22-17-13-20(2)14-18-22)25-9-5-3-7-23(25)24-8-4-6-10-26(24)27;1-19-13-15-23-24-16-14-20(2)18-26(24)27(25(23)17-19,21-9-5-3-6-10-21)22-11-7-4-8-12-22/h5-18H,1-4H3;4-16H,1-3H3;3-16H,1-2H3;2*3-18H,1-2H3. The van der Waals surface area contributed by atoms with E-state index in [0.717, 1.165) is 0 Å². The van der Waals surface area contributed by atoms with Gasteiger partial charge in [-0.2, -0.15) is 0 Å². The molecule has 0 saturated carbocycles. The third-order valence-corrected chi connectivity index (χ3v) is 31.2. The Kier molecular flexibility index (Phi) is 21.1. The monoisotopic (exact) mass is 1770 g/mol. The molecule has 0 atom stereocenters. The summed E-state index contributed by atoms with van der Waals surface area (Å²) >= 11 is 0.